The van der Waals surface area contributed by atoms with Crippen molar-refractivity contribution in [1.29, 1.82) is 0 Å². The molecule has 0 radical (unpaired) electrons. The smallest absolute Gasteiger partial charge is 0.317 e. The quantitative estimate of drug-likeness (QED) is 0.851. The Balaban J connectivity index is 1.96. The van der Waals surface area contributed by atoms with Gasteiger partial charge in [0.25, 0.3) is 0 Å². The zero-order valence-electron chi connectivity index (χ0n) is 13.0. The summed E-state index contributed by atoms with van der Waals surface area (Å²) in [6.07, 6.45) is 3.68. The van der Waals surface area contributed by atoms with Gasteiger partial charge >= 0.3 is 6.03 Å². The summed E-state index contributed by atoms with van der Waals surface area (Å²) >= 11 is 0. The first-order chi connectivity index (χ1) is 8.83. The predicted octanol–water partition coefficient (Wildman–Crippen LogP) is 2.49. The Morgan fingerprint density at radius 3 is 2.58 bits per heavy atom. The topological polar surface area (TPSA) is 41.6 Å². The molecule has 2 fully saturated rings. The van der Waals surface area contributed by atoms with Gasteiger partial charge in [-0.2, -0.15) is 0 Å². The first-order valence-electron chi connectivity index (χ1n) is 7.33. The number of nitrogens with one attached hydrogen (secondary N) is 1. The molecule has 19 heavy (non-hydrogen) atoms. The minimum atomic E-state index is 0.0339. The molecule has 2 aliphatic carbocycles. The van der Waals surface area contributed by atoms with Crippen molar-refractivity contribution < 1.29 is 9.53 Å². The van der Waals surface area contributed by atoms with E-state index in [0.29, 0.717) is 24.6 Å². The third-order valence-corrected chi connectivity index (χ3v) is 6.07. The number of ether oxygens (including phenoxy) is 1. The third kappa shape index (κ3) is 2.24. The van der Waals surface area contributed by atoms with Crippen molar-refractivity contribution >= 4 is 6.03 Å². The van der Waals surface area contributed by atoms with E-state index in [1.807, 2.05) is 7.05 Å². The van der Waals surface area contributed by atoms with Gasteiger partial charge in [-0.05, 0) is 36.0 Å². The van der Waals surface area contributed by atoms with Gasteiger partial charge in [0.1, 0.15) is 0 Å². The van der Waals surface area contributed by atoms with Gasteiger partial charge in [0.2, 0.25) is 0 Å². The van der Waals surface area contributed by atoms with Crippen LogP contribution in [-0.4, -0.2) is 44.3 Å². The first kappa shape index (κ1) is 14.6. The molecule has 1 N–H and O–H groups in total. The summed E-state index contributed by atoms with van der Waals surface area (Å²) < 4.78 is 5.01. The second-order valence-electron chi connectivity index (χ2n) is 7.03. The molecule has 2 amide bonds. The van der Waals surface area contributed by atoms with Crippen LogP contribution in [0.25, 0.3) is 0 Å². The summed E-state index contributed by atoms with van der Waals surface area (Å²) in [4.78, 5) is 13.9. The van der Waals surface area contributed by atoms with Crippen molar-refractivity contribution in [2.45, 2.75) is 46.1 Å². The number of hydrogen-bond acceptors (Lipinski definition) is 2. The van der Waals surface area contributed by atoms with Crippen molar-refractivity contribution in [1.82, 2.24) is 10.2 Å². The first-order valence-corrected chi connectivity index (χ1v) is 7.33. The van der Waals surface area contributed by atoms with Crippen LogP contribution in [0.5, 0.6) is 0 Å². The van der Waals surface area contributed by atoms with Crippen LogP contribution in [0.4, 0.5) is 4.79 Å². The predicted molar refractivity (Wildman–Crippen MR) is 76.1 cm³/mol. The molecule has 2 bridgehead atoms. The Labute approximate surface area is 116 Å². The maximum absolute atomic E-state index is 12.2. The summed E-state index contributed by atoms with van der Waals surface area (Å²) in [5, 5.41) is 3.25. The van der Waals surface area contributed by atoms with E-state index in [1.54, 1.807) is 12.0 Å². The molecular weight excluding hydrogens is 240 g/mol. The Morgan fingerprint density at radius 2 is 2.11 bits per heavy atom. The number of hydrogen-bond donors (Lipinski definition) is 1. The highest BCUT2D eigenvalue weighted by Crippen LogP contribution is 2.65. The fraction of sp³-hybridized carbons (Fsp3) is 0.933. The minimum absolute atomic E-state index is 0.0339. The summed E-state index contributed by atoms with van der Waals surface area (Å²) in [6, 6.07) is 0.352. The lowest BCUT2D eigenvalue weighted by molar-refractivity contribution is 0.115. The number of carbonyl (C=O) groups is 1. The van der Waals surface area contributed by atoms with Gasteiger partial charge in [0.15, 0.2) is 0 Å². The average Bonchev–Trinajstić information content (AvgIpc) is 2.68. The number of amides is 2. The summed E-state index contributed by atoms with van der Waals surface area (Å²) in [5.41, 5.74) is 0.589. The third-order valence-electron chi connectivity index (χ3n) is 6.07. The van der Waals surface area contributed by atoms with Crippen LogP contribution < -0.4 is 5.32 Å². The average molecular weight is 268 g/mol. The van der Waals surface area contributed by atoms with Crippen molar-refractivity contribution in [3.63, 3.8) is 0 Å². The lowest BCUT2D eigenvalue weighted by atomic mass is 9.69. The molecule has 4 heteroatoms. The molecule has 2 aliphatic rings. The van der Waals surface area contributed by atoms with Crippen molar-refractivity contribution in [2.75, 3.05) is 27.3 Å². The Morgan fingerprint density at radius 1 is 1.42 bits per heavy atom. The summed E-state index contributed by atoms with van der Waals surface area (Å²) in [7, 11) is 3.49. The molecule has 0 spiro atoms. The van der Waals surface area contributed by atoms with Crippen LogP contribution in [-0.2, 0) is 4.74 Å². The van der Waals surface area contributed by atoms with Crippen molar-refractivity contribution in [3.05, 3.63) is 0 Å². The second kappa shape index (κ2) is 4.97. The molecule has 0 aromatic rings. The largest absolute Gasteiger partial charge is 0.383 e. The monoisotopic (exact) mass is 268 g/mol. The van der Waals surface area contributed by atoms with E-state index in [9.17, 15) is 4.79 Å². The number of urea groups is 1. The number of methoxy groups -OCH3 is 1. The van der Waals surface area contributed by atoms with Gasteiger partial charge in [-0.3, -0.25) is 0 Å². The zero-order valence-corrected chi connectivity index (χ0v) is 13.0. The van der Waals surface area contributed by atoms with Crippen LogP contribution in [0.2, 0.25) is 0 Å². The Kier molecular flexibility index (Phi) is 3.83. The van der Waals surface area contributed by atoms with Gasteiger partial charge in [-0.15, -0.1) is 0 Å². The van der Waals surface area contributed by atoms with Gasteiger partial charge in [-0.25, -0.2) is 4.79 Å². The van der Waals surface area contributed by atoms with Gasteiger partial charge in [0.05, 0.1) is 6.61 Å². The molecule has 4 nitrogen and oxygen atoms in total. The van der Waals surface area contributed by atoms with Gasteiger partial charge in [-0.1, -0.05) is 20.8 Å². The summed E-state index contributed by atoms with van der Waals surface area (Å²) in [6.45, 7) is 8.30. The molecule has 0 aromatic carbocycles. The molecule has 3 unspecified atom stereocenters. The molecule has 0 aromatic heterocycles. The van der Waals surface area contributed by atoms with Gasteiger partial charge in [0, 0.05) is 26.7 Å². The van der Waals surface area contributed by atoms with Gasteiger partial charge < -0.3 is 15.0 Å². The van der Waals surface area contributed by atoms with Crippen LogP contribution in [0.3, 0.4) is 0 Å². The van der Waals surface area contributed by atoms with Crippen molar-refractivity contribution in [3.8, 4) is 0 Å². The molecule has 2 rings (SSSR count). The SMILES string of the molecule is COCCN(C)C(=O)NC1CC2CCC1(C)C2(C)C. The van der Waals surface area contributed by atoms with E-state index in [0.717, 1.165) is 12.3 Å². The second-order valence-corrected chi connectivity index (χ2v) is 7.03. The molecule has 3 atom stereocenters. The number of fused-ring (bicyclic) bond motifs is 2. The van der Waals surface area contributed by atoms with Crippen LogP contribution >= 0.6 is 0 Å². The normalized spacial score (nSPS) is 35.4. The van der Waals surface area contributed by atoms with E-state index in [1.165, 1.54) is 12.8 Å². The maximum atomic E-state index is 12.2. The molecule has 110 valence electrons. The van der Waals surface area contributed by atoms with E-state index < -0.39 is 0 Å². The van der Waals surface area contributed by atoms with Crippen molar-refractivity contribution in [2.24, 2.45) is 16.7 Å². The Hall–Kier alpha value is -0.770. The van der Waals surface area contributed by atoms with Crippen LogP contribution in [0.15, 0.2) is 0 Å². The molecule has 0 aliphatic heterocycles. The van der Waals surface area contributed by atoms with E-state index >= 15 is 0 Å². The minimum Gasteiger partial charge on any atom is -0.383 e. The number of likely N-dealkylation sites (N-methyl/N-ethyl adjacent to an activating group) is 1. The number of carbonyl (C=O) groups excluding carboxylic acids is 1. The Bertz CT molecular complexity index is 356. The number of rotatable bonds is 4. The van der Waals surface area contributed by atoms with Crippen LogP contribution in [0.1, 0.15) is 40.0 Å². The lowest BCUT2D eigenvalue weighted by Crippen LogP contribution is -2.50. The molecule has 2 saturated carbocycles. The zero-order chi connectivity index (χ0) is 14.3. The highest BCUT2D eigenvalue weighted by molar-refractivity contribution is 5.74. The highest BCUT2D eigenvalue weighted by atomic mass is 16.5. The maximum Gasteiger partial charge on any atom is 0.317 e. The number of nitrogens with zero attached hydrogens (tertiary/aromatic N) is 1. The summed E-state index contributed by atoms with van der Waals surface area (Å²) in [5.74, 6) is 0.757. The highest BCUT2D eigenvalue weighted by Gasteiger charge is 2.61. The molecule has 0 heterocycles. The van der Waals surface area contributed by atoms with E-state index in [2.05, 4.69) is 26.1 Å². The fourth-order valence-electron chi connectivity index (χ4n) is 4.01. The van der Waals surface area contributed by atoms with E-state index in [-0.39, 0.29) is 11.4 Å². The molecule has 0 saturated heterocycles. The van der Waals surface area contributed by atoms with Crippen LogP contribution in [0, 0.1) is 16.7 Å². The fourth-order valence-corrected chi connectivity index (χ4v) is 4.01. The lowest BCUT2D eigenvalue weighted by Gasteiger charge is -2.40. The standard InChI is InChI=1S/C15H28N2O2/c1-14(2)11-6-7-15(14,3)12(10-11)16-13(18)17(4)8-9-19-5/h11-12H,6-10H2,1-5H3,(H,16,18). The molecular formula is C15H28N2O2. The van der Waals surface area contributed by atoms with E-state index in [4.69, 9.17) is 4.74 Å².